The van der Waals surface area contributed by atoms with Gasteiger partial charge >= 0.3 is 6.61 Å². The zero-order chi connectivity index (χ0) is 22.2. The van der Waals surface area contributed by atoms with E-state index in [0.717, 1.165) is 15.0 Å². The summed E-state index contributed by atoms with van der Waals surface area (Å²) in [6, 6.07) is 14.7. The van der Waals surface area contributed by atoms with Crippen LogP contribution in [0.3, 0.4) is 0 Å². The summed E-state index contributed by atoms with van der Waals surface area (Å²) in [7, 11) is 1.39. The van der Waals surface area contributed by atoms with Crippen molar-refractivity contribution in [2.24, 2.45) is 4.99 Å². The quantitative estimate of drug-likeness (QED) is 0.336. The first-order chi connectivity index (χ1) is 15.0. The Morgan fingerprint density at radius 3 is 2.65 bits per heavy atom. The first-order valence-corrected chi connectivity index (χ1v) is 10.6. The van der Waals surface area contributed by atoms with Crippen LogP contribution in [0.15, 0.2) is 53.5 Å². The number of fused-ring (bicyclic) bond motifs is 1. The van der Waals surface area contributed by atoms with Gasteiger partial charge in [0.05, 0.1) is 13.7 Å². The van der Waals surface area contributed by atoms with Crippen LogP contribution in [0.2, 0.25) is 0 Å². The van der Waals surface area contributed by atoms with Crippen LogP contribution in [0.25, 0.3) is 10.1 Å². The maximum Gasteiger partial charge on any atom is 0.387 e. The summed E-state index contributed by atoms with van der Waals surface area (Å²) >= 11 is 1.55. The summed E-state index contributed by atoms with van der Waals surface area (Å²) in [6.07, 6.45) is -0.687. The molecule has 1 aromatic heterocycles. The number of nitrogens with zero attached hydrogens (tertiary/aromatic N) is 1. The van der Waals surface area contributed by atoms with Gasteiger partial charge in [0.15, 0.2) is 17.5 Å². The van der Waals surface area contributed by atoms with Crippen molar-refractivity contribution in [3.05, 3.63) is 59.0 Å². The highest BCUT2D eigenvalue weighted by Gasteiger charge is 2.13. The van der Waals surface area contributed by atoms with Gasteiger partial charge < -0.3 is 25.2 Å². The third-order valence-corrected chi connectivity index (χ3v) is 5.66. The zero-order valence-corrected chi connectivity index (χ0v) is 18.1. The molecule has 0 aliphatic heterocycles. The average molecular weight is 450 g/mol. The number of halogens is 2. The van der Waals surface area contributed by atoms with Gasteiger partial charge in [0, 0.05) is 22.7 Å². The maximum atomic E-state index is 12.6. The van der Waals surface area contributed by atoms with Crippen LogP contribution in [-0.4, -0.2) is 37.9 Å². The number of methoxy groups -OCH3 is 1. The van der Waals surface area contributed by atoms with Gasteiger partial charge in [-0.3, -0.25) is 0 Å². The predicted molar refractivity (Wildman–Crippen MR) is 119 cm³/mol. The molecule has 0 amide bonds. The number of nitrogens with one attached hydrogen (secondary N) is 2. The molecule has 0 aliphatic rings. The minimum Gasteiger partial charge on any atom is -0.493 e. The second-order valence-electron chi connectivity index (χ2n) is 6.64. The molecule has 166 valence electrons. The number of alkyl halides is 2. The highest BCUT2D eigenvalue weighted by atomic mass is 32.1. The van der Waals surface area contributed by atoms with Crippen LogP contribution in [0.1, 0.15) is 23.5 Å². The Balaban J connectivity index is 1.65. The van der Waals surface area contributed by atoms with E-state index in [2.05, 4.69) is 20.4 Å². The Bertz CT molecular complexity index is 993. The maximum absolute atomic E-state index is 12.6. The van der Waals surface area contributed by atoms with E-state index in [-0.39, 0.29) is 24.6 Å². The van der Waals surface area contributed by atoms with Gasteiger partial charge in [0.2, 0.25) is 0 Å². The van der Waals surface area contributed by atoms with Crippen molar-refractivity contribution in [3.8, 4) is 11.5 Å². The Kier molecular flexibility index (Phi) is 8.02. The summed E-state index contributed by atoms with van der Waals surface area (Å²) in [5.74, 6) is 0.697. The summed E-state index contributed by atoms with van der Waals surface area (Å²) in [5.41, 5.74) is 0.679. The standard InChI is InChI=1S/C22H25F2N3O3S/c1-3-25-22(26-12-14-8-9-17(29-2)18(10-14)30-21(23)24)27-13-16(28)20-11-15-6-4-5-7-19(15)31-20/h4-11,16,21,28H,3,12-13H2,1-2H3,(H2,25,26,27). The Labute approximate surface area is 183 Å². The van der Waals surface area contributed by atoms with E-state index in [1.807, 2.05) is 37.3 Å². The molecule has 9 heteroatoms. The molecule has 3 N–H and O–H groups in total. The molecule has 6 nitrogen and oxygen atoms in total. The van der Waals surface area contributed by atoms with Crippen LogP contribution in [0, 0.1) is 0 Å². The first-order valence-electron chi connectivity index (χ1n) is 9.80. The second kappa shape index (κ2) is 10.9. The Morgan fingerprint density at radius 1 is 1.13 bits per heavy atom. The normalized spacial score (nSPS) is 12.8. The molecule has 0 bridgehead atoms. The summed E-state index contributed by atoms with van der Waals surface area (Å²) in [6.45, 7) is 0.134. The van der Waals surface area contributed by atoms with E-state index in [1.165, 1.54) is 13.2 Å². The van der Waals surface area contributed by atoms with Gasteiger partial charge in [-0.2, -0.15) is 8.78 Å². The highest BCUT2D eigenvalue weighted by Crippen LogP contribution is 2.30. The first kappa shape index (κ1) is 22.8. The second-order valence-corrected chi connectivity index (χ2v) is 7.76. The molecule has 0 radical (unpaired) electrons. The smallest absolute Gasteiger partial charge is 0.387 e. The topological polar surface area (TPSA) is 75.1 Å². The van der Waals surface area contributed by atoms with Gasteiger partial charge in [-0.05, 0) is 42.1 Å². The molecule has 2 aromatic carbocycles. The third-order valence-electron chi connectivity index (χ3n) is 4.44. The molecular weight excluding hydrogens is 424 g/mol. The lowest BCUT2D eigenvalue weighted by molar-refractivity contribution is -0.0512. The number of aliphatic imine (C=N–C) groups is 1. The Morgan fingerprint density at radius 2 is 1.94 bits per heavy atom. The minimum atomic E-state index is -2.94. The fraction of sp³-hybridized carbons (Fsp3) is 0.318. The average Bonchev–Trinajstić information content (AvgIpc) is 3.19. The molecular formula is C22H25F2N3O3S. The SMILES string of the molecule is CCNC(=NCc1ccc(OC)c(OC(F)F)c1)NCC(O)c1cc2ccccc2s1. The van der Waals surface area contributed by atoms with Gasteiger partial charge in [0.25, 0.3) is 0 Å². The molecule has 1 heterocycles. The summed E-state index contributed by atoms with van der Waals surface area (Å²) in [5, 5.41) is 17.9. The van der Waals surface area contributed by atoms with E-state index in [1.54, 1.807) is 23.5 Å². The summed E-state index contributed by atoms with van der Waals surface area (Å²) in [4.78, 5) is 5.34. The Hall–Kier alpha value is -2.91. The van der Waals surface area contributed by atoms with Crippen molar-refractivity contribution in [3.63, 3.8) is 0 Å². The molecule has 1 atom stereocenters. The number of thiophene rings is 1. The number of guanidine groups is 1. The lowest BCUT2D eigenvalue weighted by Gasteiger charge is -2.15. The van der Waals surface area contributed by atoms with E-state index in [0.29, 0.717) is 18.1 Å². The number of rotatable bonds is 9. The molecule has 0 saturated heterocycles. The van der Waals surface area contributed by atoms with Crippen LogP contribution in [0.5, 0.6) is 11.5 Å². The number of ether oxygens (including phenoxy) is 2. The fourth-order valence-electron chi connectivity index (χ4n) is 2.98. The van der Waals surface area contributed by atoms with Gasteiger partial charge in [-0.1, -0.05) is 24.3 Å². The zero-order valence-electron chi connectivity index (χ0n) is 17.3. The predicted octanol–water partition coefficient (Wildman–Crippen LogP) is 4.30. The third kappa shape index (κ3) is 6.28. The van der Waals surface area contributed by atoms with Crippen molar-refractivity contribution >= 4 is 27.4 Å². The number of aliphatic hydroxyl groups excluding tert-OH is 1. The van der Waals surface area contributed by atoms with E-state index < -0.39 is 12.7 Å². The van der Waals surface area contributed by atoms with Crippen molar-refractivity contribution in [1.29, 1.82) is 0 Å². The van der Waals surface area contributed by atoms with Crippen molar-refractivity contribution < 1.29 is 23.4 Å². The van der Waals surface area contributed by atoms with Crippen molar-refractivity contribution in [2.75, 3.05) is 20.2 Å². The van der Waals surface area contributed by atoms with E-state index >= 15 is 0 Å². The molecule has 3 aromatic rings. The molecule has 31 heavy (non-hydrogen) atoms. The van der Waals surface area contributed by atoms with Gasteiger partial charge in [-0.15, -0.1) is 11.3 Å². The molecule has 1 unspecified atom stereocenters. The van der Waals surface area contributed by atoms with Crippen LogP contribution >= 0.6 is 11.3 Å². The lowest BCUT2D eigenvalue weighted by atomic mass is 10.2. The van der Waals surface area contributed by atoms with E-state index in [4.69, 9.17) is 4.74 Å². The van der Waals surface area contributed by atoms with Gasteiger partial charge in [-0.25, -0.2) is 4.99 Å². The molecule has 0 saturated carbocycles. The fourth-order valence-corrected chi connectivity index (χ4v) is 4.03. The van der Waals surface area contributed by atoms with E-state index in [9.17, 15) is 13.9 Å². The number of hydrogen-bond acceptors (Lipinski definition) is 5. The minimum absolute atomic E-state index is 0.0386. The van der Waals surface area contributed by atoms with Crippen LogP contribution in [0.4, 0.5) is 8.78 Å². The number of aliphatic hydroxyl groups is 1. The highest BCUT2D eigenvalue weighted by molar-refractivity contribution is 7.19. The molecule has 0 spiro atoms. The van der Waals surface area contributed by atoms with Crippen LogP contribution < -0.4 is 20.1 Å². The summed E-state index contributed by atoms with van der Waals surface area (Å²) < 4.78 is 35.9. The number of benzene rings is 2. The largest absolute Gasteiger partial charge is 0.493 e. The molecule has 3 rings (SSSR count). The van der Waals surface area contributed by atoms with Crippen molar-refractivity contribution in [1.82, 2.24) is 10.6 Å². The van der Waals surface area contributed by atoms with Crippen molar-refractivity contribution in [2.45, 2.75) is 26.2 Å². The monoisotopic (exact) mass is 449 g/mol. The molecule has 0 fully saturated rings. The lowest BCUT2D eigenvalue weighted by Crippen LogP contribution is -2.39. The van der Waals surface area contributed by atoms with Gasteiger partial charge in [0.1, 0.15) is 6.10 Å². The van der Waals surface area contributed by atoms with Crippen LogP contribution in [-0.2, 0) is 6.54 Å². The number of hydrogen-bond donors (Lipinski definition) is 3. The molecule has 0 aliphatic carbocycles.